The number of hydrogen-bond acceptors (Lipinski definition) is 4. The zero-order valence-corrected chi connectivity index (χ0v) is 13.0. The van der Waals surface area contributed by atoms with Gasteiger partial charge in [-0.25, -0.2) is 4.68 Å². The summed E-state index contributed by atoms with van der Waals surface area (Å²) in [5, 5.41) is 7.73. The highest BCUT2D eigenvalue weighted by atomic mass is 35.5. The maximum atomic E-state index is 12.1. The molecule has 1 fully saturated rings. The number of nitrogens with one attached hydrogen (secondary N) is 1. The van der Waals surface area contributed by atoms with Gasteiger partial charge in [-0.1, -0.05) is 25.4 Å². The molecule has 6 heteroatoms. The van der Waals surface area contributed by atoms with Crippen molar-refractivity contribution in [2.45, 2.75) is 39.3 Å². The van der Waals surface area contributed by atoms with Gasteiger partial charge in [0.2, 0.25) is 0 Å². The molecule has 0 aromatic carbocycles. The van der Waals surface area contributed by atoms with Gasteiger partial charge in [0.25, 0.3) is 5.56 Å². The van der Waals surface area contributed by atoms with Crippen LogP contribution in [0.5, 0.6) is 0 Å². The van der Waals surface area contributed by atoms with E-state index in [2.05, 4.69) is 24.3 Å². The Hall–Kier alpha value is -1.07. The summed E-state index contributed by atoms with van der Waals surface area (Å²) in [7, 11) is 1.59. The van der Waals surface area contributed by atoms with Crippen LogP contribution >= 0.6 is 11.6 Å². The lowest BCUT2D eigenvalue weighted by atomic mass is 9.98. The molecular formula is C14H22ClN3O2. The van der Waals surface area contributed by atoms with Crippen LogP contribution in [0.2, 0.25) is 5.02 Å². The van der Waals surface area contributed by atoms with Crippen LogP contribution in [-0.4, -0.2) is 29.5 Å². The normalized spacial score (nSPS) is 25.9. The summed E-state index contributed by atoms with van der Waals surface area (Å²) in [5.74, 6) is 1.27. The molecule has 1 aromatic heterocycles. The van der Waals surface area contributed by atoms with E-state index in [1.165, 1.54) is 11.1 Å². The van der Waals surface area contributed by atoms with Crippen molar-refractivity contribution in [1.29, 1.82) is 0 Å². The summed E-state index contributed by atoms with van der Waals surface area (Å²) in [6.07, 6.45) is 3.94. The second-order valence-corrected chi connectivity index (χ2v) is 5.94. The lowest BCUT2D eigenvalue weighted by Crippen LogP contribution is -2.29. The molecule has 3 unspecified atom stereocenters. The standard InChI is InChI=1S/C14H22ClN3O2/c1-9-4-5-11(10(9)2)17-12-8-16-18(6-7-20-3)14(19)13(12)15/h8-11,17H,4-7H2,1-3H3. The molecule has 0 amide bonds. The van der Waals surface area contributed by atoms with Gasteiger partial charge < -0.3 is 10.1 Å². The highest BCUT2D eigenvalue weighted by molar-refractivity contribution is 6.32. The van der Waals surface area contributed by atoms with Gasteiger partial charge in [-0.3, -0.25) is 4.79 Å². The Morgan fingerprint density at radius 1 is 1.50 bits per heavy atom. The number of hydrogen-bond donors (Lipinski definition) is 1. The quantitative estimate of drug-likeness (QED) is 0.907. The van der Waals surface area contributed by atoms with Gasteiger partial charge in [0, 0.05) is 13.2 Å². The molecular weight excluding hydrogens is 278 g/mol. The van der Waals surface area contributed by atoms with Gasteiger partial charge in [0.05, 0.1) is 25.0 Å². The Morgan fingerprint density at radius 2 is 2.25 bits per heavy atom. The van der Waals surface area contributed by atoms with E-state index in [0.29, 0.717) is 36.7 Å². The average molecular weight is 300 g/mol. The zero-order chi connectivity index (χ0) is 14.7. The first kappa shape index (κ1) is 15.3. The highest BCUT2D eigenvalue weighted by Crippen LogP contribution is 2.33. The molecule has 20 heavy (non-hydrogen) atoms. The Kier molecular flexibility index (Phi) is 5.05. The van der Waals surface area contributed by atoms with E-state index in [0.717, 1.165) is 6.42 Å². The van der Waals surface area contributed by atoms with Gasteiger partial charge in [0.1, 0.15) is 5.02 Å². The summed E-state index contributed by atoms with van der Waals surface area (Å²) in [5.41, 5.74) is 0.365. The number of ether oxygens (including phenoxy) is 1. The predicted molar refractivity (Wildman–Crippen MR) is 80.4 cm³/mol. The van der Waals surface area contributed by atoms with Crippen molar-refractivity contribution >= 4 is 17.3 Å². The van der Waals surface area contributed by atoms with Crippen LogP contribution in [0, 0.1) is 11.8 Å². The number of nitrogens with zero attached hydrogens (tertiary/aromatic N) is 2. The van der Waals surface area contributed by atoms with Gasteiger partial charge in [-0.05, 0) is 24.7 Å². The fourth-order valence-corrected chi connectivity index (χ4v) is 2.87. The smallest absolute Gasteiger partial charge is 0.287 e. The largest absolute Gasteiger partial charge is 0.383 e. The van der Waals surface area contributed by atoms with Crippen molar-refractivity contribution in [2.75, 3.05) is 19.0 Å². The first-order valence-electron chi connectivity index (χ1n) is 7.05. The van der Waals surface area contributed by atoms with Crippen LogP contribution < -0.4 is 10.9 Å². The van der Waals surface area contributed by atoms with Crippen molar-refractivity contribution in [3.8, 4) is 0 Å². The first-order valence-corrected chi connectivity index (χ1v) is 7.43. The maximum absolute atomic E-state index is 12.1. The van der Waals surface area contributed by atoms with Gasteiger partial charge in [-0.15, -0.1) is 0 Å². The third-order valence-electron chi connectivity index (χ3n) is 4.30. The number of methoxy groups -OCH3 is 1. The molecule has 3 atom stereocenters. The van der Waals surface area contributed by atoms with Crippen LogP contribution in [0.15, 0.2) is 11.0 Å². The summed E-state index contributed by atoms with van der Waals surface area (Å²) < 4.78 is 6.28. The third-order valence-corrected chi connectivity index (χ3v) is 4.66. The fourth-order valence-electron chi connectivity index (χ4n) is 2.67. The minimum absolute atomic E-state index is 0.211. The molecule has 1 N–H and O–H groups in total. The van der Waals surface area contributed by atoms with E-state index in [4.69, 9.17) is 16.3 Å². The number of anilines is 1. The fraction of sp³-hybridized carbons (Fsp3) is 0.714. The minimum atomic E-state index is -0.271. The molecule has 5 nitrogen and oxygen atoms in total. The second-order valence-electron chi connectivity index (χ2n) is 5.56. The van der Waals surface area contributed by atoms with Gasteiger partial charge in [0.15, 0.2) is 0 Å². The predicted octanol–water partition coefficient (Wildman–Crippen LogP) is 2.39. The lowest BCUT2D eigenvalue weighted by molar-refractivity contribution is 0.182. The molecule has 1 aromatic rings. The number of rotatable bonds is 5. The molecule has 1 saturated carbocycles. The Balaban J connectivity index is 2.13. The molecule has 112 valence electrons. The maximum Gasteiger partial charge on any atom is 0.287 e. The molecule has 0 aliphatic heterocycles. The average Bonchev–Trinajstić information content (AvgIpc) is 2.75. The van der Waals surface area contributed by atoms with Gasteiger partial charge in [-0.2, -0.15) is 5.10 Å². The summed E-state index contributed by atoms with van der Waals surface area (Å²) >= 11 is 6.16. The Morgan fingerprint density at radius 3 is 2.85 bits per heavy atom. The zero-order valence-electron chi connectivity index (χ0n) is 12.2. The van der Waals surface area contributed by atoms with Crippen LogP contribution in [0.1, 0.15) is 26.7 Å². The topological polar surface area (TPSA) is 56.1 Å². The number of aromatic nitrogens is 2. The Bertz CT molecular complexity index is 518. The molecule has 1 aliphatic rings. The van der Waals surface area contributed by atoms with E-state index < -0.39 is 0 Å². The molecule has 0 spiro atoms. The SMILES string of the molecule is COCCn1ncc(NC2CCC(C)C2C)c(Cl)c1=O. The molecule has 0 saturated heterocycles. The van der Waals surface area contributed by atoms with Crippen LogP contribution in [0.4, 0.5) is 5.69 Å². The molecule has 1 aliphatic carbocycles. The van der Waals surface area contributed by atoms with Crippen molar-refractivity contribution in [1.82, 2.24) is 9.78 Å². The minimum Gasteiger partial charge on any atom is -0.383 e. The van der Waals surface area contributed by atoms with Crippen LogP contribution in [-0.2, 0) is 11.3 Å². The van der Waals surface area contributed by atoms with E-state index in [-0.39, 0.29) is 10.6 Å². The Labute approximate surface area is 124 Å². The first-order chi connectivity index (χ1) is 9.54. The molecule has 0 bridgehead atoms. The third kappa shape index (κ3) is 3.15. The van der Waals surface area contributed by atoms with Crippen molar-refractivity contribution in [3.63, 3.8) is 0 Å². The van der Waals surface area contributed by atoms with Crippen LogP contribution in [0.25, 0.3) is 0 Å². The van der Waals surface area contributed by atoms with E-state index in [1.807, 2.05) is 0 Å². The summed E-state index contributed by atoms with van der Waals surface area (Å²) in [6, 6.07) is 0.360. The van der Waals surface area contributed by atoms with Crippen molar-refractivity contribution in [2.24, 2.45) is 11.8 Å². The highest BCUT2D eigenvalue weighted by Gasteiger charge is 2.30. The monoisotopic (exact) mass is 299 g/mol. The van der Waals surface area contributed by atoms with E-state index in [1.54, 1.807) is 13.3 Å². The van der Waals surface area contributed by atoms with Gasteiger partial charge >= 0.3 is 0 Å². The second kappa shape index (κ2) is 6.59. The summed E-state index contributed by atoms with van der Waals surface area (Å²) in [4.78, 5) is 12.1. The lowest BCUT2D eigenvalue weighted by Gasteiger charge is -2.21. The van der Waals surface area contributed by atoms with Crippen molar-refractivity contribution < 1.29 is 4.74 Å². The molecule has 1 heterocycles. The van der Waals surface area contributed by atoms with Crippen LogP contribution in [0.3, 0.4) is 0 Å². The van der Waals surface area contributed by atoms with E-state index in [9.17, 15) is 4.79 Å². The van der Waals surface area contributed by atoms with E-state index >= 15 is 0 Å². The molecule has 2 rings (SSSR count). The number of halogens is 1. The van der Waals surface area contributed by atoms with Crippen molar-refractivity contribution in [3.05, 3.63) is 21.6 Å². The summed E-state index contributed by atoms with van der Waals surface area (Å²) in [6.45, 7) is 5.34. The molecule has 0 radical (unpaired) electrons.